The number of hydrogen-bond acceptors (Lipinski definition) is 4. The lowest BCUT2D eigenvalue weighted by Crippen LogP contribution is -2.17. The van der Waals surface area contributed by atoms with Crippen molar-refractivity contribution in [1.82, 2.24) is 4.98 Å². The van der Waals surface area contributed by atoms with E-state index in [2.05, 4.69) is 50.0 Å². The fraction of sp³-hybridized carbons (Fsp3) is 0.412. The summed E-state index contributed by atoms with van der Waals surface area (Å²) in [6.07, 6.45) is 0. The first-order chi connectivity index (χ1) is 10.3. The summed E-state index contributed by atoms with van der Waals surface area (Å²) in [5.74, 6) is -0.458. The normalized spacial score (nSPS) is 11.6. The molecule has 0 aliphatic rings. The molecular formula is C17H22N2O2S. The van der Waals surface area contributed by atoms with Crippen molar-refractivity contribution in [2.45, 2.75) is 39.7 Å². The molecule has 2 aromatic rings. The van der Waals surface area contributed by atoms with Gasteiger partial charge in [0, 0.05) is 5.56 Å². The van der Waals surface area contributed by atoms with Crippen molar-refractivity contribution in [2.75, 3.05) is 6.61 Å². The SMILES string of the molecule is Cc1nc(-c2ccc(C(C)(C)C)cc2)sc1COCC(N)=O. The smallest absolute Gasteiger partial charge is 0.243 e. The number of thiazole rings is 1. The van der Waals surface area contributed by atoms with E-state index < -0.39 is 5.91 Å². The molecule has 1 aromatic carbocycles. The van der Waals surface area contributed by atoms with Gasteiger partial charge in [-0.25, -0.2) is 4.98 Å². The minimum Gasteiger partial charge on any atom is -0.368 e. The maximum absolute atomic E-state index is 10.7. The number of ether oxygens (including phenoxy) is 1. The average molecular weight is 318 g/mol. The molecule has 0 saturated heterocycles. The maximum atomic E-state index is 10.7. The molecule has 0 bridgehead atoms. The highest BCUT2D eigenvalue weighted by molar-refractivity contribution is 7.15. The third kappa shape index (κ3) is 4.15. The molecule has 5 heteroatoms. The first-order valence-electron chi connectivity index (χ1n) is 7.20. The van der Waals surface area contributed by atoms with Crippen LogP contribution >= 0.6 is 11.3 Å². The number of amides is 1. The molecule has 2 rings (SSSR count). The zero-order valence-corrected chi connectivity index (χ0v) is 14.3. The highest BCUT2D eigenvalue weighted by Gasteiger charge is 2.14. The van der Waals surface area contributed by atoms with E-state index in [9.17, 15) is 4.79 Å². The van der Waals surface area contributed by atoms with E-state index in [1.807, 2.05) is 6.92 Å². The average Bonchev–Trinajstić information content (AvgIpc) is 2.79. The fourth-order valence-corrected chi connectivity index (χ4v) is 3.05. The second-order valence-corrected chi connectivity index (χ2v) is 7.40. The predicted octanol–water partition coefficient (Wildman–Crippen LogP) is 3.42. The Kier molecular flexibility index (Phi) is 4.98. The zero-order chi connectivity index (χ0) is 16.3. The van der Waals surface area contributed by atoms with Crippen molar-refractivity contribution in [1.29, 1.82) is 0 Å². The number of aryl methyl sites for hydroxylation is 1. The van der Waals surface area contributed by atoms with Gasteiger partial charge in [-0.15, -0.1) is 11.3 Å². The van der Waals surface area contributed by atoms with Crippen LogP contribution in [0.3, 0.4) is 0 Å². The van der Waals surface area contributed by atoms with E-state index in [1.165, 1.54) is 5.56 Å². The second kappa shape index (κ2) is 6.58. The number of nitrogens with two attached hydrogens (primary N) is 1. The summed E-state index contributed by atoms with van der Waals surface area (Å²) >= 11 is 1.59. The fourth-order valence-electron chi connectivity index (χ4n) is 2.04. The van der Waals surface area contributed by atoms with E-state index in [0.717, 1.165) is 21.1 Å². The molecule has 118 valence electrons. The monoisotopic (exact) mass is 318 g/mol. The minimum atomic E-state index is -0.458. The molecule has 0 aliphatic heterocycles. The Bertz CT molecular complexity index is 654. The molecule has 0 atom stereocenters. The molecule has 0 fully saturated rings. The van der Waals surface area contributed by atoms with Gasteiger partial charge < -0.3 is 10.5 Å². The van der Waals surface area contributed by atoms with Crippen LogP contribution in [0.2, 0.25) is 0 Å². The first kappa shape index (κ1) is 16.6. The van der Waals surface area contributed by atoms with E-state index >= 15 is 0 Å². The Balaban J connectivity index is 2.14. The summed E-state index contributed by atoms with van der Waals surface area (Å²) in [6.45, 7) is 8.85. The third-order valence-corrected chi connectivity index (χ3v) is 4.55. The van der Waals surface area contributed by atoms with Crippen molar-refractivity contribution in [3.63, 3.8) is 0 Å². The van der Waals surface area contributed by atoms with Gasteiger partial charge >= 0.3 is 0 Å². The van der Waals surface area contributed by atoms with Crippen molar-refractivity contribution < 1.29 is 9.53 Å². The van der Waals surface area contributed by atoms with Gasteiger partial charge in [0.2, 0.25) is 5.91 Å². The van der Waals surface area contributed by atoms with Crippen molar-refractivity contribution >= 4 is 17.2 Å². The molecule has 0 saturated carbocycles. The number of carbonyl (C=O) groups excluding carboxylic acids is 1. The van der Waals surface area contributed by atoms with Gasteiger partial charge in [-0.1, -0.05) is 45.0 Å². The Morgan fingerprint density at radius 2 is 1.91 bits per heavy atom. The van der Waals surface area contributed by atoms with Gasteiger partial charge in [0.15, 0.2) is 0 Å². The number of rotatable bonds is 5. The molecule has 4 nitrogen and oxygen atoms in total. The largest absolute Gasteiger partial charge is 0.368 e. The Morgan fingerprint density at radius 3 is 2.45 bits per heavy atom. The minimum absolute atomic E-state index is 0.0625. The predicted molar refractivity (Wildman–Crippen MR) is 89.8 cm³/mol. The van der Waals surface area contributed by atoms with Gasteiger partial charge in [-0.3, -0.25) is 4.79 Å². The van der Waals surface area contributed by atoms with Crippen LogP contribution in [0.1, 0.15) is 36.9 Å². The lowest BCUT2D eigenvalue weighted by atomic mass is 9.87. The summed E-state index contributed by atoms with van der Waals surface area (Å²) in [7, 11) is 0. The molecule has 1 amide bonds. The van der Waals surface area contributed by atoms with Crippen molar-refractivity contribution in [3.05, 3.63) is 40.4 Å². The van der Waals surface area contributed by atoms with E-state index in [4.69, 9.17) is 10.5 Å². The molecule has 1 aromatic heterocycles. The molecule has 22 heavy (non-hydrogen) atoms. The van der Waals surface area contributed by atoms with Crippen molar-refractivity contribution in [2.24, 2.45) is 5.73 Å². The number of aromatic nitrogens is 1. The van der Waals surface area contributed by atoms with Gasteiger partial charge in [0.25, 0.3) is 0 Å². The van der Waals surface area contributed by atoms with Gasteiger partial charge in [0.05, 0.1) is 17.2 Å². The number of hydrogen-bond donors (Lipinski definition) is 1. The number of primary amides is 1. The summed E-state index contributed by atoms with van der Waals surface area (Å²) < 4.78 is 5.27. The zero-order valence-electron chi connectivity index (χ0n) is 13.5. The van der Waals surface area contributed by atoms with Crippen LogP contribution in [0.4, 0.5) is 0 Å². The highest BCUT2D eigenvalue weighted by Crippen LogP contribution is 2.30. The number of nitrogens with zero attached hydrogens (tertiary/aromatic N) is 1. The van der Waals surface area contributed by atoms with Crippen LogP contribution < -0.4 is 5.73 Å². The molecule has 0 unspecified atom stereocenters. The molecule has 2 N–H and O–H groups in total. The standard InChI is InChI=1S/C17H22N2O2S/c1-11-14(9-21-10-15(18)20)22-16(19-11)12-5-7-13(8-6-12)17(2,3)4/h5-8H,9-10H2,1-4H3,(H2,18,20). The summed E-state index contributed by atoms with van der Waals surface area (Å²) in [6, 6.07) is 8.50. The van der Waals surface area contributed by atoms with Crippen LogP contribution in [0.5, 0.6) is 0 Å². The van der Waals surface area contributed by atoms with E-state index in [0.29, 0.717) is 6.61 Å². The van der Waals surface area contributed by atoms with Gasteiger partial charge in [0.1, 0.15) is 11.6 Å². The first-order valence-corrected chi connectivity index (χ1v) is 8.02. The Morgan fingerprint density at radius 1 is 1.27 bits per heavy atom. The Hall–Kier alpha value is -1.72. The lowest BCUT2D eigenvalue weighted by molar-refractivity contribution is -0.122. The van der Waals surface area contributed by atoms with Crippen LogP contribution in [0.25, 0.3) is 10.6 Å². The highest BCUT2D eigenvalue weighted by atomic mass is 32.1. The maximum Gasteiger partial charge on any atom is 0.243 e. The molecule has 0 aliphatic carbocycles. The lowest BCUT2D eigenvalue weighted by Gasteiger charge is -2.18. The summed E-state index contributed by atoms with van der Waals surface area (Å²) in [4.78, 5) is 16.3. The summed E-state index contributed by atoms with van der Waals surface area (Å²) in [5, 5.41) is 0.968. The van der Waals surface area contributed by atoms with E-state index in [-0.39, 0.29) is 12.0 Å². The topological polar surface area (TPSA) is 65.2 Å². The van der Waals surface area contributed by atoms with Crippen LogP contribution in [-0.2, 0) is 21.6 Å². The van der Waals surface area contributed by atoms with E-state index in [1.54, 1.807) is 11.3 Å². The quantitative estimate of drug-likeness (QED) is 0.918. The van der Waals surface area contributed by atoms with Crippen LogP contribution in [0, 0.1) is 6.92 Å². The second-order valence-electron chi connectivity index (χ2n) is 6.31. The summed E-state index contributed by atoms with van der Waals surface area (Å²) in [5.41, 5.74) is 8.54. The van der Waals surface area contributed by atoms with Gasteiger partial charge in [-0.2, -0.15) is 0 Å². The van der Waals surface area contributed by atoms with Crippen molar-refractivity contribution in [3.8, 4) is 10.6 Å². The molecule has 1 heterocycles. The Labute approximate surface area is 135 Å². The third-order valence-electron chi connectivity index (χ3n) is 3.37. The molecular weight excluding hydrogens is 296 g/mol. The van der Waals surface area contributed by atoms with Crippen LogP contribution in [-0.4, -0.2) is 17.5 Å². The molecule has 0 radical (unpaired) electrons. The number of carbonyl (C=O) groups is 1. The molecule has 0 spiro atoms. The number of benzene rings is 1. The van der Waals surface area contributed by atoms with Crippen LogP contribution in [0.15, 0.2) is 24.3 Å². The van der Waals surface area contributed by atoms with Gasteiger partial charge in [-0.05, 0) is 17.9 Å².